The van der Waals surface area contributed by atoms with Gasteiger partial charge < -0.3 is 9.80 Å². The first kappa shape index (κ1) is 22.9. The summed E-state index contributed by atoms with van der Waals surface area (Å²) in [4.78, 5) is 16.4. The third-order valence-electron chi connectivity index (χ3n) is 5.99. The van der Waals surface area contributed by atoms with Crippen LogP contribution in [0.25, 0.3) is 5.69 Å². The van der Waals surface area contributed by atoms with Gasteiger partial charge in [0.15, 0.2) is 0 Å². The summed E-state index contributed by atoms with van der Waals surface area (Å²) in [7, 11) is 0. The van der Waals surface area contributed by atoms with E-state index in [-0.39, 0.29) is 5.91 Å². The van der Waals surface area contributed by atoms with E-state index in [1.807, 2.05) is 53.8 Å². The Hall–Kier alpha value is -3.29. The lowest BCUT2D eigenvalue weighted by molar-refractivity contribution is -0.137. The number of alkyl halides is 3. The predicted molar refractivity (Wildman–Crippen MR) is 122 cm³/mol. The van der Waals surface area contributed by atoms with E-state index >= 15 is 0 Å². The number of hydrogen-bond acceptors (Lipinski definition) is 3. The van der Waals surface area contributed by atoms with Crippen molar-refractivity contribution >= 4 is 11.6 Å². The molecule has 0 unspecified atom stereocenters. The molecule has 4 rings (SSSR count). The number of aryl methyl sites for hydroxylation is 3. The molecule has 2 heterocycles. The molecule has 1 aliphatic rings. The third-order valence-corrected chi connectivity index (χ3v) is 5.99. The van der Waals surface area contributed by atoms with Crippen molar-refractivity contribution in [2.75, 3.05) is 31.1 Å². The van der Waals surface area contributed by atoms with E-state index in [9.17, 15) is 18.0 Å². The van der Waals surface area contributed by atoms with Gasteiger partial charge in [-0.15, -0.1) is 0 Å². The van der Waals surface area contributed by atoms with E-state index in [4.69, 9.17) is 0 Å². The predicted octanol–water partition coefficient (Wildman–Crippen LogP) is 4.79. The Balaban J connectivity index is 1.29. The number of piperazine rings is 1. The van der Waals surface area contributed by atoms with Gasteiger partial charge in [-0.1, -0.05) is 18.2 Å². The molecular weight excluding hydrogens is 429 g/mol. The van der Waals surface area contributed by atoms with Crippen LogP contribution in [0.15, 0.2) is 54.6 Å². The van der Waals surface area contributed by atoms with Crippen molar-refractivity contribution < 1.29 is 18.0 Å². The summed E-state index contributed by atoms with van der Waals surface area (Å²) < 4.78 is 40.8. The number of aromatic nitrogens is 2. The Kier molecular flexibility index (Phi) is 6.44. The lowest BCUT2D eigenvalue weighted by Gasteiger charge is -2.36. The van der Waals surface area contributed by atoms with Crippen LogP contribution in [0.3, 0.4) is 0 Å². The van der Waals surface area contributed by atoms with Crippen LogP contribution in [0.5, 0.6) is 0 Å². The lowest BCUT2D eigenvalue weighted by Crippen LogP contribution is -2.48. The monoisotopic (exact) mass is 456 g/mol. The minimum Gasteiger partial charge on any atom is -0.368 e. The first-order chi connectivity index (χ1) is 15.7. The zero-order valence-electron chi connectivity index (χ0n) is 18.8. The van der Waals surface area contributed by atoms with Gasteiger partial charge in [0.1, 0.15) is 0 Å². The van der Waals surface area contributed by atoms with Crippen LogP contribution in [-0.4, -0.2) is 46.8 Å². The number of hydrogen-bond donors (Lipinski definition) is 0. The second-order valence-electron chi connectivity index (χ2n) is 8.42. The fourth-order valence-corrected chi connectivity index (χ4v) is 4.20. The maximum absolute atomic E-state index is 13.0. The molecule has 33 heavy (non-hydrogen) atoms. The maximum atomic E-state index is 13.0. The summed E-state index contributed by atoms with van der Waals surface area (Å²) in [5.41, 5.74) is 4.00. The van der Waals surface area contributed by atoms with E-state index in [1.165, 1.54) is 12.1 Å². The Morgan fingerprint density at radius 1 is 0.939 bits per heavy atom. The van der Waals surface area contributed by atoms with E-state index < -0.39 is 11.7 Å². The van der Waals surface area contributed by atoms with E-state index in [0.29, 0.717) is 44.7 Å². The lowest BCUT2D eigenvalue weighted by atomic mass is 10.1. The van der Waals surface area contributed by atoms with Crippen molar-refractivity contribution in [1.82, 2.24) is 14.7 Å². The first-order valence-electron chi connectivity index (χ1n) is 11.0. The fraction of sp³-hybridized carbons (Fsp3) is 0.360. The minimum atomic E-state index is -4.36. The van der Waals surface area contributed by atoms with Crippen molar-refractivity contribution in [3.63, 3.8) is 0 Å². The Morgan fingerprint density at radius 2 is 1.64 bits per heavy atom. The molecule has 3 aromatic rings. The molecule has 0 saturated carbocycles. The molecule has 5 nitrogen and oxygen atoms in total. The standard InChI is InChI=1S/C25H27F3N4O/c1-18-16-19(2)32(29-18)22-9-6-20(7-10-22)8-11-24(33)31-14-12-30(13-15-31)23-5-3-4-21(17-23)25(26,27)28/h3-7,9-10,16-17H,8,11-15H2,1-2H3. The summed E-state index contributed by atoms with van der Waals surface area (Å²) in [6, 6.07) is 15.4. The molecule has 1 fully saturated rings. The molecule has 0 bridgehead atoms. The second kappa shape index (κ2) is 9.29. The van der Waals surface area contributed by atoms with Gasteiger partial charge in [-0.25, -0.2) is 4.68 Å². The maximum Gasteiger partial charge on any atom is 0.416 e. The number of nitrogens with zero attached hydrogens (tertiary/aromatic N) is 4. The van der Waals surface area contributed by atoms with Crippen LogP contribution in [0.1, 0.15) is 28.9 Å². The van der Waals surface area contributed by atoms with Gasteiger partial charge in [0.05, 0.1) is 16.9 Å². The highest BCUT2D eigenvalue weighted by Gasteiger charge is 2.31. The molecule has 2 aromatic carbocycles. The number of halogens is 3. The fourth-order valence-electron chi connectivity index (χ4n) is 4.20. The molecule has 174 valence electrons. The number of carbonyl (C=O) groups is 1. The molecule has 0 atom stereocenters. The Labute approximate surface area is 191 Å². The quantitative estimate of drug-likeness (QED) is 0.555. The summed E-state index contributed by atoms with van der Waals surface area (Å²) in [5, 5.41) is 4.49. The van der Waals surface area contributed by atoms with Crippen molar-refractivity contribution in [3.8, 4) is 5.69 Å². The van der Waals surface area contributed by atoms with Crippen LogP contribution < -0.4 is 4.90 Å². The number of benzene rings is 2. The Bertz CT molecular complexity index is 1110. The van der Waals surface area contributed by atoms with Crippen molar-refractivity contribution in [3.05, 3.63) is 77.1 Å². The first-order valence-corrected chi connectivity index (χ1v) is 11.0. The van der Waals surface area contributed by atoms with Gasteiger partial charge in [0.25, 0.3) is 0 Å². The van der Waals surface area contributed by atoms with E-state index in [0.717, 1.165) is 28.7 Å². The van der Waals surface area contributed by atoms with Crippen LogP contribution >= 0.6 is 0 Å². The normalized spacial score (nSPS) is 14.6. The molecule has 0 N–H and O–H groups in total. The number of anilines is 1. The average Bonchev–Trinajstić information content (AvgIpc) is 3.15. The summed E-state index contributed by atoms with van der Waals surface area (Å²) >= 11 is 0. The highest BCUT2D eigenvalue weighted by molar-refractivity contribution is 5.76. The molecule has 1 amide bonds. The van der Waals surface area contributed by atoms with Crippen molar-refractivity contribution in [2.24, 2.45) is 0 Å². The van der Waals surface area contributed by atoms with Crippen LogP contribution in [0.2, 0.25) is 0 Å². The molecule has 0 aliphatic carbocycles. The SMILES string of the molecule is Cc1cc(C)n(-c2ccc(CCC(=O)N3CCN(c4cccc(C(F)(F)F)c4)CC3)cc2)n1. The molecule has 1 aliphatic heterocycles. The molecular formula is C25H27F3N4O. The largest absolute Gasteiger partial charge is 0.416 e. The highest BCUT2D eigenvalue weighted by Crippen LogP contribution is 2.32. The topological polar surface area (TPSA) is 41.4 Å². The van der Waals surface area contributed by atoms with Crippen LogP contribution in [0.4, 0.5) is 18.9 Å². The zero-order valence-corrected chi connectivity index (χ0v) is 18.8. The van der Waals surface area contributed by atoms with Gasteiger partial charge in [-0.3, -0.25) is 4.79 Å². The van der Waals surface area contributed by atoms with E-state index in [1.54, 1.807) is 11.0 Å². The number of carbonyl (C=O) groups excluding carboxylic acids is 1. The van der Waals surface area contributed by atoms with Gasteiger partial charge in [-0.05, 0) is 62.2 Å². The smallest absolute Gasteiger partial charge is 0.368 e. The number of amides is 1. The molecule has 1 aromatic heterocycles. The summed E-state index contributed by atoms with van der Waals surface area (Å²) in [5.74, 6) is 0.0707. The third kappa shape index (κ3) is 5.38. The van der Waals surface area contributed by atoms with Gasteiger partial charge in [0.2, 0.25) is 5.91 Å². The van der Waals surface area contributed by atoms with Crippen LogP contribution in [-0.2, 0) is 17.4 Å². The number of rotatable bonds is 5. The highest BCUT2D eigenvalue weighted by atomic mass is 19.4. The van der Waals surface area contributed by atoms with Crippen molar-refractivity contribution in [1.29, 1.82) is 0 Å². The summed E-state index contributed by atoms with van der Waals surface area (Å²) in [6.07, 6.45) is -3.31. The minimum absolute atomic E-state index is 0.0707. The van der Waals surface area contributed by atoms with Gasteiger partial charge >= 0.3 is 6.18 Å². The van der Waals surface area contributed by atoms with E-state index in [2.05, 4.69) is 5.10 Å². The molecule has 0 spiro atoms. The second-order valence-corrected chi connectivity index (χ2v) is 8.42. The Morgan fingerprint density at radius 3 is 2.24 bits per heavy atom. The van der Waals surface area contributed by atoms with Gasteiger partial charge in [-0.2, -0.15) is 18.3 Å². The summed E-state index contributed by atoms with van der Waals surface area (Å²) in [6.45, 7) is 6.02. The van der Waals surface area contributed by atoms with Crippen LogP contribution in [0, 0.1) is 13.8 Å². The molecule has 0 radical (unpaired) electrons. The molecule has 1 saturated heterocycles. The average molecular weight is 457 g/mol. The van der Waals surface area contributed by atoms with Crippen molar-refractivity contribution in [2.45, 2.75) is 32.9 Å². The molecule has 8 heteroatoms. The zero-order chi connectivity index (χ0) is 23.6. The van der Waals surface area contributed by atoms with Gasteiger partial charge in [0, 0.05) is 44.0 Å².